The number of anilines is 1. The van der Waals surface area contributed by atoms with Crippen molar-refractivity contribution in [2.75, 3.05) is 11.1 Å². The second-order valence-corrected chi connectivity index (χ2v) is 10.0. The number of carbonyl (C=O) groups excluding carboxylic acids is 1. The zero-order valence-corrected chi connectivity index (χ0v) is 19.9. The summed E-state index contributed by atoms with van der Waals surface area (Å²) < 4.78 is 3.31. The first-order valence-corrected chi connectivity index (χ1v) is 12.4. The van der Waals surface area contributed by atoms with Crippen molar-refractivity contribution in [2.45, 2.75) is 5.03 Å². The van der Waals surface area contributed by atoms with Gasteiger partial charge in [-0.25, -0.2) is 19.7 Å². The molecule has 1 amide bonds. The quantitative estimate of drug-likeness (QED) is 0.294. The number of hydrogen-bond acceptors (Lipinski definition) is 9. The van der Waals surface area contributed by atoms with Gasteiger partial charge in [-0.3, -0.25) is 18.7 Å². The Balaban J connectivity index is 1.50. The number of carbonyl (C=O) groups is 1. The summed E-state index contributed by atoms with van der Waals surface area (Å²) in [6.07, 6.45) is 0. The van der Waals surface area contributed by atoms with Crippen molar-refractivity contribution in [1.29, 1.82) is 0 Å². The molecule has 0 aliphatic rings. The van der Waals surface area contributed by atoms with Crippen LogP contribution in [0.2, 0.25) is 0 Å². The third kappa shape index (κ3) is 3.96. The van der Waals surface area contributed by atoms with Gasteiger partial charge in [-0.05, 0) is 23.6 Å². The van der Waals surface area contributed by atoms with Crippen LogP contribution in [-0.2, 0) is 18.9 Å². The van der Waals surface area contributed by atoms with Crippen LogP contribution in [0.25, 0.3) is 32.0 Å². The van der Waals surface area contributed by atoms with Gasteiger partial charge >= 0.3 is 5.69 Å². The van der Waals surface area contributed by atoms with E-state index in [0.717, 1.165) is 31.4 Å². The lowest BCUT2D eigenvalue weighted by atomic mass is 10.3. The van der Waals surface area contributed by atoms with Gasteiger partial charge in [0, 0.05) is 14.1 Å². The van der Waals surface area contributed by atoms with E-state index in [1.807, 2.05) is 41.8 Å². The summed E-state index contributed by atoms with van der Waals surface area (Å²) in [5, 5.41) is 5.76. The molecule has 0 spiro atoms. The van der Waals surface area contributed by atoms with E-state index in [0.29, 0.717) is 16.0 Å². The molecule has 0 atom stereocenters. The topological polar surface area (TPSA) is 112 Å². The van der Waals surface area contributed by atoms with E-state index in [1.165, 1.54) is 34.3 Å². The summed E-state index contributed by atoms with van der Waals surface area (Å²) in [7, 11) is 2.97. The van der Waals surface area contributed by atoms with Crippen LogP contribution in [0.1, 0.15) is 0 Å². The number of thioether (sulfide) groups is 1. The van der Waals surface area contributed by atoms with Gasteiger partial charge in [-0.2, -0.15) is 0 Å². The zero-order chi connectivity index (χ0) is 23.1. The summed E-state index contributed by atoms with van der Waals surface area (Å²) in [5.74, 6) is 0.137. The van der Waals surface area contributed by atoms with E-state index in [-0.39, 0.29) is 22.7 Å². The highest BCUT2D eigenvalue weighted by molar-refractivity contribution is 8.00. The number of thiophene rings is 1. The number of hydrogen-bond donors (Lipinski definition) is 1. The van der Waals surface area contributed by atoms with Crippen LogP contribution in [0.5, 0.6) is 0 Å². The Hall–Kier alpha value is -3.35. The Bertz CT molecular complexity index is 1600. The molecule has 0 radical (unpaired) electrons. The Morgan fingerprint density at radius 1 is 1.06 bits per heavy atom. The molecule has 5 aromatic rings. The molecule has 0 unspecified atom stereocenters. The van der Waals surface area contributed by atoms with Crippen molar-refractivity contribution in [3.05, 3.63) is 62.6 Å². The summed E-state index contributed by atoms with van der Waals surface area (Å²) >= 11 is 3.96. The highest BCUT2D eigenvalue weighted by atomic mass is 32.2. The molecule has 4 heterocycles. The van der Waals surface area contributed by atoms with E-state index in [2.05, 4.69) is 20.3 Å². The van der Waals surface area contributed by atoms with Gasteiger partial charge in [0.2, 0.25) is 5.91 Å². The molecule has 5 rings (SSSR count). The number of thiazole rings is 1. The van der Waals surface area contributed by atoms with Crippen LogP contribution in [0.4, 0.5) is 5.13 Å². The minimum atomic E-state index is -0.500. The van der Waals surface area contributed by atoms with Gasteiger partial charge in [0.05, 0.1) is 20.8 Å². The number of nitrogens with zero attached hydrogens (tertiary/aromatic N) is 5. The predicted octanol–water partition coefficient (Wildman–Crippen LogP) is 3.10. The van der Waals surface area contributed by atoms with Crippen molar-refractivity contribution in [3.8, 4) is 10.7 Å². The van der Waals surface area contributed by atoms with Crippen molar-refractivity contribution in [3.63, 3.8) is 0 Å². The number of amides is 1. The lowest BCUT2D eigenvalue weighted by Gasteiger charge is -2.11. The maximum atomic E-state index is 12.9. The molecule has 1 N–H and O–H groups in total. The number of nitrogens with one attached hydrogen (secondary N) is 1. The normalized spacial score (nSPS) is 11.3. The summed E-state index contributed by atoms with van der Waals surface area (Å²) in [5.41, 5.74) is 0.0700. The first-order valence-electron chi connectivity index (χ1n) is 9.72. The summed E-state index contributed by atoms with van der Waals surface area (Å²) in [6, 6.07) is 11.4. The first-order chi connectivity index (χ1) is 15.9. The third-order valence-electron chi connectivity index (χ3n) is 4.89. The fourth-order valence-electron chi connectivity index (χ4n) is 3.26. The average molecular weight is 497 g/mol. The first kappa shape index (κ1) is 21.5. The van der Waals surface area contributed by atoms with Gasteiger partial charge in [0.1, 0.15) is 10.4 Å². The largest absolute Gasteiger partial charge is 0.332 e. The fourth-order valence-corrected chi connectivity index (χ4v) is 5.62. The number of benzene rings is 1. The monoisotopic (exact) mass is 496 g/mol. The number of rotatable bonds is 5. The van der Waals surface area contributed by atoms with Gasteiger partial charge < -0.3 is 5.32 Å². The van der Waals surface area contributed by atoms with Crippen LogP contribution < -0.4 is 16.6 Å². The molecule has 0 bridgehead atoms. The van der Waals surface area contributed by atoms with Crippen molar-refractivity contribution >= 4 is 66.7 Å². The van der Waals surface area contributed by atoms with Crippen molar-refractivity contribution < 1.29 is 4.79 Å². The summed E-state index contributed by atoms with van der Waals surface area (Å²) in [4.78, 5) is 52.3. The maximum absolute atomic E-state index is 12.9. The van der Waals surface area contributed by atoms with E-state index in [4.69, 9.17) is 0 Å². The SMILES string of the molecule is Cn1c(=O)c2c(SCC(=O)Nc3nc4ccccc4s3)nc(-c3cccs3)nc2n(C)c1=O. The fraction of sp³-hybridized carbons (Fsp3) is 0.143. The van der Waals surface area contributed by atoms with Crippen molar-refractivity contribution in [2.24, 2.45) is 14.1 Å². The third-order valence-corrected chi connectivity index (χ3v) is 7.68. The van der Waals surface area contributed by atoms with Crippen molar-refractivity contribution in [1.82, 2.24) is 24.1 Å². The van der Waals surface area contributed by atoms with Crippen LogP contribution in [0.15, 0.2) is 56.4 Å². The minimum Gasteiger partial charge on any atom is -0.301 e. The summed E-state index contributed by atoms with van der Waals surface area (Å²) in [6.45, 7) is 0. The molecular weight excluding hydrogens is 480 g/mol. The number of aryl methyl sites for hydroxylation is 1. The van der Waals surface area contributed by atoms with Crippen LogP contribution in [0.3, 0.4) is 0 Å². The van der Waals surface area contributed by atoms with Gasteiger partial charge in [-0.15, -0.1) is 11.3 Å². The maximum Gasteiger partial charge on any atom is 0.332 e. The molecule has 4 aromatic heterocycles. The molecule has 9 nitrogen and oxygen atoms in total. The highest BCUT2D eigenvalue weighted by Gasteiger charge is 2.19. The zero-order valence-electron chi connectivity index (χ0n) is 17.4. The van der Waals surface area contributed by atoms with Gasteiger partial charge in [0.15, 0.2) is 16.6 Å². The van der Waals surface area contributed by atoms with Crippen LogP contribution in [0, 0.1) is 0 Å². The minimum absolute atomic E-state index is 0.0118. The smallest absolute Gasteiger partial charge is 0.301 e. The number of fused-ring (bicyclic) bond motifs is 2. The Morgan fingerprint density at radius 3 is 2.64 bits per heavy atom. The standard InChI is InChI=1S/C21H16N6O3S3/c1-26-17-15(19(29)27(2)21(26)30)18(25-16(24-17)13-8-5-9-31-13)32-10-14(28)23-20-22-11-6-3-4-7-12(11)33-20/h3-9H,10H2,1-2H3,(H,22,23,28). The molecule has 0 aliphatic carbocycles. The van der Waals surface area contributed by atoms with Crippen LogP contribution >= 0.6 is 34.4 Å². The molecule has 0 aliphatic heterocycles. The molecule has 0 fully saturated rings. The molecule has 1 aromatic carbocycles. The molecule has 0 saturated heterocycles. The van der Waals surface area contributed by atoms with E-state index < -0.39 is 11.2 Å². The Labute approximate surface area is 198 Å². The molecule has 33 heavy (non-hydrogen) atoms. The Kier molecular flexibility index (Phi) is 5.56. The second-order valence-electron chi connectivity index (χ2n) is 7.06. The molecular formula is C21H16N6O3S3. The van der Waals surface area contributed by atoms with E-state index >= 15 is 0 Å². The van der Waals surface area contributed by atoms with Crippen LogP contribution in [-0.4, -0.2) is 35.7 Å². The molecule has 166 valence electrons. The lowest BCUT2D eigenvalue weighted by Crippen LogP contribution is -2.37. The molecule has 12 heteroatoms. The Morgan fingerprint density at radius 2 is 1.88 bits per heavy atom. The number of para-hydroxylation sites is 1. The van der Waals surface area contributed by atoms with Gasteiger partial charge in [0.25, 0.3) is 5.56 Å². The van der Waals surface area contributed by atoms with E-state index in [1.54, 1.807) is 7.05 Å². The second kappa shape index (κ2) is 8.54. The average Bonchev–Trinajstić information content (AvgIpc) is 3.49. The van der Waals surface area contributed by atoms with Gasteiger partial charge in [-0.1, -0.05) is 41.3 Å². The predicted molar refractivity (Wildman–Crippen MR) is 132 cm³/mol. The highest BCUT2D eigenvalue weighted by Crippen LogP contribution is 2.29. The van der Waals surface area contributed by atoms with E-state index in [9.17, 15) is 14.4 Å². The molecule has 0 saturated carbocycles. The number of aromatic nitrogens is 5. The lowest BCUT2D eigenvalue weighted by molar-refractivity contribution is -0.113.